The van der Waals surface area contributed by atoms with Crippen LogP contribution in [0.3, 0.4) is 0 Å². The van der Waals surface area contributed by atoms with Crippen LogP contribution in [0.1, 0.15) is 42.5 Å². The van der Waals surface area contributed by atoms with Crippen LogP contribution in [-0.2, 0) is 0 Å². The minimum absolute atomic E-state index is 0.416. The number of benzene rings is 1. The predicted octanol–water partition coefficient (Wildman–Crippen LogP) is 2.36. The first-order valence-electron chi connectivity index (χ1n) is 6.60. The van der Waals surface area contributed by atoms with E-state index in [0.717, 1.165) is 12.2 Å². The Bertz CT molecular complexity index is 425. The third kappa shape index (κ3) is 3.15. The number of rotatable bonds is 4. The van der Waals surface area contributed by atoms with Gasteiger partial charge in [-0.2, -0.15) is 0 Å². The summed E-state index contributed by atoms with van der Waals surface area (Å²) in [4.78, 5) is 11.3. The average Bonchev–Trinajstić information content (AvgIpc) is 2.37. The summed E-state index contributed by atoms with van der Waals surface area (Å²) in [5.41, 5.74) is 13.0. The lowest BCUT2D eigenvalue weighted by molar-refractivity contribution is 0.100. The van der Waals surface area contributed by atoms with E-state index in [1.54, 1.807) is 18.2 Å². The van der Waals surface area contributed by atoms with Gasteiger partial charge < -0.3 is 16.8 Å². The summed E-state index contributed by atoms with van der Waals surface area (Å²) >= 11 is 0. The smallest absolute Gasteiger partial charge is 0.250 e. The number of carbonyl (C=O) groups is 1. The summed E-state index contributed by atoms with van der Waals surface area (Å²) in [6, 6.07) is 5.16. The number of hydrogen-bond acceptors (Lipinski definition) is 3. The summed E-state index contributed by atoms with van der Waals surface area (Å²) in [6.07, 6.45) is 6.50. The lowest BCUT2D eigenvalue weighted by atomic mass is 9.89. The first-order valence-corrected chi connectivity index (χ1v) is 6.60. The van der Waals surface area contributed by atoms with Crippen molar-refractivity contribution in [1.82, 2.24) is 0 Å². The summed E-state index contributed by atoms with van der Waals surface area (Å²) in [6.45, 7) is 0.893. The van der Waals surface area contributed by atoms with Crippen molar-refractivity contribution in [3.05, 3.63) is 23.8 Å². The van der Waals surface area contributed by atoms with Crippen molar-refractivity contribution in [2.45, 2.75) is 32.1 Å². The minimum Gasteiger partial charge on any atom is -0.399 e. The topological polar surface area (TPSA) is 81.1 Å². The lowest BCUT2D eigenvalue weighted by Gasteiger charge is -2.23. The maximum Gasteiger partial charge on any atom is 0.250 e. The first-order chi connectivity index (χ1) is 8.66. The molecular formula is C14H21N3O. The fourth-order valence-corrected chi connectivity index (χ4v) is 2.57. The maximum atomic E-state index is 11.3. The van der Waals surface area contributed by atoms with E-state index in [2.05, 4.69) is 5.32 Å². The van der Waals surface area contributed by atoms with Gasteiger partial charge in [-0.3, -0.25) is 4.79 Å². The van der Waals surface area contributed by atoms with Gasteiger partial charge >= 0.3 is 0 Å². The zero-order chi connectivity index (χ0) is 13.0. The molecule has 0 saturated heterocycles. The van der Waals surface area contributed by atoms with Crippen LogP contribution in [0.15, 0.2) is 18.2 Å². The summed E-state index contributed by atoms with van der Waals surface area (Å²) in [5, 5.41) is 3.32. The van der Waals surface area contributed by atoms with Gasteiger partial charge in [0.25, 0.3) is 5.91 Å². The highest BCUT2D eigenvalue weighted by Crippen LogP contribution is 2.25. The van der Waals surface area contributed by atoms with Gasteiger partial charge in [-0.1, -0.05) is 19.3 Å². The molecule has 4 nitrogen and oxygen atoms in total. The molecule has 1 aliphatic rings. The largest absolute Gasteiger partial charge is 0.399 e. The van der Waals surface area contributed by atoms with Crippen molar-refractivity contribution in [3.8, 4) is 0 Å². The van der Waals surface area contributed by atoms with Crippen LogP contribution in [0.4, 0.5) is 11.4 Å². The SMILES string of the molecule is NC(=O)c1ccc(N)cc1NCC1CCCCC1. The van der Waals surface area contributed by atoms with Crippen LogP contribution in [0.5, 0.6) is 0 Å². The van der Waals surface area contributed by atoms with Crippen LogP contribution in [-0.4, -0.2) is 12.5 Å². The molecular weight excluding hydrogens is 226 g/mol. The molecule has 18 heavy (non-hydrogen) atoms. The third-order valence-electron chi connectivity index (χ3n) is 3.62. The van der Waals surface area contributed by atoms with Crippen molar-refractivity contribution in [2.75, 3.05) is 17.6 Å². The van der Waals surface area contributed by atoms with Gasteiger partial charge in [0.15, 0.2) is 0 Å². The van der Waals surface area contributed by atoms with Gasteiger partial charge in [0.2, 0.25) is 0 Å². The van der Waals surface area contributed by atoms with E-state index < -0.39 is 5.91 Å². The second kappa shape index (κ2) is 5.76. The Hall–Kier alpha value is -1.71. The third-order valence-corrected chi connectivity index (χ3v) is 3.62. The molecule has 0 spiro atoms. The summed E-state index contributed by atoms with van der Waals surface area (Å²) < 4.78 is 0. The predicted molar refractivity (Wildman–Crippen MR) is 74.4 cm³/mol. The molecule has 98 valence electrons. The Balaban J connectivity index is 2.03. The molecule has 2 rings (SSSR count). The molecule has 0 radical (unpaired) electrons. The van der Waals surface area contributed by atoms with Crippen molar-refractivity contribution in [3.63, 3.8) is 0 Å². The normalized spacial score (nSPS) is 16.4. The van der Waals surface area contributed by atoms with Crippen LogP contribution in [0, 0.1) is 5.92 Å². The Morgan fingerprint density at radius 1 is 1.28 bits per heavy atom. The summed E-state index contributed by atoms with van der Waals surface area (Å²) in [7, 11) is 0. The van der Waals surface area contributed by atoms with E-state index in [1.165, 1.54) is 32.1 Å². The number of nitrogens with one attached hydrogen (secondary N) is 1. The Kier molecular flexibility index (Phi) is 4.07. The zero-order valence-corrected chi connectivity index (χ0v) is 10.6. The summed E-state index contributed by atoms with van der Waals surface area (Å²) in [5.74, 6) is 0.280. The number of nitrogens with two attached hydrogens (primary N) is 2. The number of amides is 1. The molecule has 1 aromatic rings. The van der Waals surface area contributed by atoms with Crippen molar-refractivity contribution < 1.29 is 4.79 Å². The second-order valence-corrected chi connectivity index (χ2v) is 5.05. The number of primary amides is 1. The molecule has 0 atom stereocenters. The van der Waals surface area contributed by atoms with E-state index in [9.17, 15) is 4.79 Å². The molecule has 1 amide bonds. The van der Waals surface area contributed by atoms with Crippen molar-refractivity contribution in [2.24, 2.45) is 11.7 Å². The molecule has 4 heteroatoms. The average molecular weight is 247 g/mol. The molecule has 1 aliphatic carbocycles. The second-order valence-electron chi connectivity index (χ2n) is 5.05. The van der Waals surface area contributed by atoms with Crippen LogP contribution in [0.25, 0.3) is 0 Å². The molecule has 1 aromatic carbocycles. The van der Waals surface area contributed by atoms with Gasteiger partial charge in [-0.25, -0.2) is 0 Å². The Labute approximate surface area is 108 Å². The quantitative estimate of drug-likeness (QED) is 0.714. The molecule has 0 bridgehead atoms. The molecule has 1 saturated carbocycles. The van der Waals surface area contributed by atoms with E-state index in [4.69, 9.17) is 11.5 Å². The van der Waals surface area contributed by atoms with Crippen LogP contribution < -0.4 is 16.8 Å². The minimum atomic E-state index is -0.416. The van der Waals surface area contributed by atoms with E-state index in [0.29, 0.717) is 17.2 Å². The zero-order valence-electron chi connectivity index (χ0n) is 10.6. The van der Waals surface area contributed by atoms with Gasteiger partial charge in [0.05, 0.1) is 5.56 Å². The number of anilines is 2. The first kappa shape index (κ1) is 12.7. The monoisotopic (exact) mass is 247 g/mol. The molecule has 0 aliphatic heterocycles. The van der Waals surface area contributed by atoms with Gasteiger partial charge in [0, 0.05) is 17.9 Å². The van der Waals surface area contributed by atoms with Crippen molar-refractivity contribution in [1.29, 1.82) is 0 Å². The molecule has 1 fully saturated rings. The standard InChI is InChI=1S/C14H21N3O/c15-11-6-7-12(14(16)18)13(8-11)17-9-10-4-2-1-3-5-10/h6-8,10,17H,1-5,9,15H2,(H2,16,18). The highest BCUT2D eigenvalue weighted by Gasteiger charge is 2.14. The van der Waals surface area contributed by atoms with Gasteiger partial charge in [-0.05, 0) is 37.0 Å². The Morgan fingerprint density at radius 3 is 2.67 bits per heavy atom. The molecule has 0 aromatic heterocycles. The Morgan fingerprint density at radius 2 is 2.00 bits per heavy atom. The van der Waals surface area contributed by atoms with E-state index in [1.807, 2.05) is 0 Å². The number of nitrogen functional groups attached to an aromatic ring is 1. The highest BCUT2D eigenvalue weighted by atomic mass is 16.1. The van der Waals surface area contributed by atoms with Crippen LogP contribution in [0.2, 0.25) is 0 Å². The maximum absolute atomic E-state index is 11.3. The van der Waals surface area contributed by atoms with E-state index in [-0.39, 0.29) is 0 Å². The fourth-order valence-electron chi connectivity index (χ4n) is 2.57. The molecule has 5 N–H and O–H groups in total. The van der Waals surface area contributed by atoms with Gasteiger partial charge in [0.1, 0.15) is 0 Å². The van der Waals surface area contributed by atoms with Crippen molar-refractivity contribution >= 4 is 17.3 Å². The lowest BCUT2D eigenvalue weighted by Crippen LogP contribution is -2.20. The number of carbonyl (C=O) groups excluding carboxylic acids is 1. The van der Waals surface area contributed by atoms with Crippen LogP contribution >= 0.6 is 0 Å². The molecule has 0 heterocycles. The molecule has 0 unspecified atom stereocenters. The van der Waals surface area contributed by atoms with E-state index >= 15 is 0 Å². The number of hydrogen-bond donors (Lipinski definition) is 3. The van der Waals surface area contributed by atoms with Gasteiger partial charge in [-0.15, -0.1) is 0 Å². The highest BCUT2D eigenvalue weighted by molar-refractivity contribution is 5.99. The fraction of sp³-hybridized carbons (Fsp3) is 0.500.